The number of rotatable bonds is 9. The van der Waals surface area contributed by atoms with E-state index in [1.807, 2.05) is 17.0 Å². The fourth-order valence-corrected chi connectivity index (χ4v) is 3.97. The monoisotopic (exact) mass is 562 g/mol. The molecule has 1 heterocycles. The minimum Gasteiger partial charge on any atom is -0.493 e. The predicted molar refractivity (Wildman–Crippen MR) is 143 cm³/mol. The van der Waals surface area contributed by atoms with Crippen LogP contribution in [0.3, 0.4) is 0 Å². The molecule has 4 rings (SSSR count). The number of likely N-dealkylation sites (tertiary alicyclic amines) is 1. The Balaban J connectivity index is 0.00000306. The number of carbonyl (C=O) groups excluding carboxylic acids is 1. The minimum atomic E-state index is 0. The van der Waals surface area contributed by atoms with E-state index in [9.17, 15) is 4.79 Å². The first-order valence-electron chi connectivity index (χ1n) is 11.6. The molecule has 2 aromatic carbocycles. The van der Waals surface area contributed by atoms with E-state index in [0.717, 1.165) is 42.8 Å². The smallest absolute Gasteiger partial charge is 0.222 e. The zero-order chi connectivity index (χ0) is 22.3. The Hall–Kier alpha value is -2.29. The summed E-state index contributed by atoms with van der Waals surface area (Å²) in [4.78, 5) is 18.4. The standard InChI is InChI=1S/C26H34N4O2.HI/c1-19-9-12-22(24(14-19)32-18-20-10-11-20)16-29-26(27-2)28-15-21-6-3-4-7-23(21)17-30-13-5-8-25(30)31;/h3-4,6-7,9,12,14,20H,5,8,10-11,13,15-18H2,1-2H3,(H2,27,28,29);1H. The fourth-order valence-electron chi connectivity index (χ4n) is 3.97. The van der Waals surface area contributed by atoms with Crippen molar-refractivity contribution in [2.24, 2.45) is 10.9 Å². The van der Waals surface area contributed by atoms with Crippen LogP contribution in [0.4, 0.5) is 0 Å². The summed E-state index contributed by atoms with van der Waals surface area (Å²) in [5, 5.41) is 6.83. The van der Waals surface area contributed by atoms with Crippen LogP contribution in [-0.2, 0) is 24.4 Å². The lowest BCUT2D eigenvalue weighted by atomic mass is 10.1. The lowest BCUT2D eigenvalue weighted by molar-refractivity contribution is -0.128. The number of aryl methyl sites for hydroxylation is 1. The number of nitrogens with zero attached hydrogens (tertiary/aromatic N) is 2. The molecule has 7 heteroatoms. The van der Waals surface area contributed by atoms with E-state index < -0.39 is 0 Å². The predicted octanol–water partition coefficient (Wildman–Crippen LogP) is 4.39. The van der Waals surface area contributed by atoms with Gasteiger partial charge in [-0.2, -0.15) is 0 Å². The van der Waals surface area contributed by atoms with Gasteiger partial charge in [0.1, 0.15) is 5.75 Å². The van der Waals surface area contributed by atoms with Crippen LogP contribution in [0.1, 0.15) is 47.9 Å². The molecule has 178 valence electrons. The van der Waals surface area contributed by atoms with Crippen LogP contribution in [0.15, 0.2) is 47.5 Å². The minimum absolute atomic E-state index is 0. The largest absolute Gasteiger partial charge is 0.493 e. The highest BCUT2D eigenvalue weighted by molar-refractivity contribution is 14.0. The molecule has 1 aliphatic heterocycles. The summed E-state index contributed by atoms with van der Waals surface area (Å²) < 4.78 is 6.09. The fraction of sp³-hybridized carbons (Fsp3) is 0.462. The van der Waals surface area contributed by atoms with Crippen molar-refractivity contribution in [3.05, 3.63) is 64.7 Å². The molecule has 1 aliphatic carbocycles. The third-order valence-electron chi connectivity index (χ3n) is 6.16. The van der Waals surface area contributed by atoms with Crippen LogP contribution in [0.2, 0.25) is 0 Å². The molecular weight excluding hydrogens is 527 g/mol. The number of benzene rings is 2. The van der Waals surface area contributed by atoms with Gasteiger partial charge in [0.2, 0.25) is 5.91 Å². The van der Waals surface area contributed by atoms with Gasteiger partial charge >= 0.3 is 0 Å². The molecule has 6 nitrogen and oxygen atoms in total. The van der Waals surface area contributed by atoms with Crippen LogP contribution >= 0.6 is 24.0 Å². The molecule has 0 spiro atoms. The third kappa shape index (κ3) is 7.35. The second-order valence-electron chi connectivity index (χ2n) is 8.83. The number of hydrogen-bond acceptors (Lipinski definition) is 3. The van der Waals surface area contributed by atoms with Crippen molar-refractivity contribution >= 4 is 35.8 Å². The molecule has 33 heavy (non-hydrogen) atoms. The number of ether oxygens (including phenoxy) is 1. The average Bonchev–Trinajstić information content (AvgIpc) is 3.55. The SMILES string of the molecule is CN=C(NCc1ccccc1CN1CCCC1=O)NCc1ccc(C)cc1OCC1CC1.I. The number of guanidine groups is 1. The van der Waals surface area contributed by atoms with Crippen molar-refractivity contribution in [1.82, 2.24) is 15.5 Å². The zero-order valence-electron chi connectivity index (χ0n) is 19.6. The van der Waals surface area contributed by atoms with Crippen LogP contribution in [0.25, 0.3) is 0 Å². The number of amides is 1. The first kappa shape index (κ1) is 25.3. The molecule has 1 saturated carbocycles. The van der Waals surface area contributed by atoms with E-state index >= 15 is 0 Å². The van der Waals surface area contributed by atoms with Gasteiger partial charge in [-0.15, -0.1) is 24.0 Å². The number of halogens is 1. The van der Waals surface area contributed by atoms with Gasteiger partial charge in [0.25, 0.3) is 0 Å². The Labute approximate surface area is 214 Å². The maximum atomic E-state index is 12.0. The highest BCUT2D eigenvalue weighted by Gasteiger charge is 2.23. The molecule has 2 fully saturated rings. The molecular formula is C26H35IN4O2. The Bertz CT molecular complexity index is 975. The van der Waals surface area contributed by atoms with Crippen LogP contribution in [-0.4, -0.2) is 37.0 Å². The van der Waals surface area contributed by atoms with E-state index in [1.54, 1.807) is 7.05 Å². The lowest BCUT2D eigenvalue weighted by Crippen LogP contribution is -2.36. The molecule has 1 saturated heterocycles. The molecule has 0 bridgehead atoms. The van der Waals surface area contributed by atoms with E-state index in [0.29, 0.717) is 26.1 Å². The number of nitrogens with one attached hydrogen (secondary N) is 2. The summed E-state index contributed by atoms with van der Waals surface area (Å²) in [7, 11) is 1.78. The van der Waals surface area contributed by atoms with Crippen molar-refractivity contribution in [2.45, 2.75) is 52.2 Å². The van der Waals surface area contributed by atoms with Crippen LogP contribution < -0.4 is 15.4 Å². The Morgan fingerprint density at radius 1 is 1.09 bits per heavy atom. The molecule has 0 atom stereocenters. The summed E-state index contributed by atoms with van der Waals surface area (Å²) in [5.41, 5.74) is 4.70. The molecule has 0 radical (unpaired) electrons. The normalized spacial score (nSPS) is 15.9. The second-order valence-corrected chi connectivity index (χ2v) is 8.83. The molecule has 1 amide bonds. The Morgan fingerprint density at radius 3 is 2.48 bits per heavy atom. The maximum absolute atomic E-state index is 12.0. The average molecular weight is 562 g/mol. The zero-order valence-corrected chi connectivity index (χ0v) is 21.9. The van der Waals surface area contributed by atoms with Crippen molar-refractivity contribution in [2.75, 3.05) is 20.2 Å². The molecule has 2 aromatic rings. The van der Waals surface area contributed by atoms with Gasteiger partial charge < -0.3 is 20.3 Å². The number of carbonyl (C=O) groups is 1. The Kier molecular flexibility index (Phi) is 9.41. The van der Waals surface area contributed by atoms with E-state index in [4.69, 9.17) is 4.74 Å². The summed E-state index contributed by atoms with van der Waals surface area (Å²) in [6.07, 6.45) is 4.19. The highest BCUT2D eigenvalue weighted by Crippen LogP contribution is 2.30. The third-order valence-corrected chi connectivity index (χ3v) is 6.16. The summed E-state index contributed by atoms with van der Waals surface area (Å²) >= 11 is 0. The van der Waals surface area contributed by atoms with Gasteiger partial charge in [-0.3, -0.25) is 9.79 Å². The molecule has 0 unspecified atom stereocenters. The first-order chi connectivity index (χ1) is 15.6. The first-order valence-corrected chi connectivity index (χ1v) is 11.6. The van der Waals surface area contributed by atoms with Gasteiger partial charge in [-0.1, -0.05) is 36.4 Å². The van der Waals surface area contributed by atoms with Crippen molar-refractivity contribution < 1.29 is 9.53 Å². The van der Waals surface area contributed by atoms with Gasteiger partial charge in [0.05, 0.1) is 6.61 Å². The Morgan fingerprint density at radius 2 is 1.82 bits per heavy atom. The van der Waals surface area contributed by atoms with Crippen molar-refractivity contribution in [3.8, 4) is 5.75 Å². The van der Waals surface area contributed by atoms with Gasteiger partial charge in [-0.05, 0) is 54.9 Å². The van der Waals surface area contributed by atoms with E-state index in [1.165, 1.54) is 29.5 Å². The summed E-state index contributed by atoms with van der Waals surface area (Å²) in [5.74, 6) is 2.68. The second kappa shape index (κ2) is 12.3. The highest BCUT2D eigenvalue weighted by atomic mass is 127. The van der Waals surface area contributed by atoms with Crippen molar-refractivity contribution in [3.63, 3.8) is 0 Å². The summed E-state index contributed by atoms with van der Waals surface area (Å²) in [6, 6.07) is 14.7. The quantitative estimate of drug-likeness (QED) is 0.271. The molecule has 2 N–H and O–H groups in total. The van der Waals surface area contributed by atoms with Crippen LogP contribution in [0, 0.1) is 12.8 Å². The number of aliphatic imine (C=N–C) groups is 1. The lowest BCUT2D eigenvalue weighted by Gasteiger charge is -2.19. The van der Waals surface area contributed by atoms with E-state index in [2.05, 4.69) is 52.9 Å². The van der Waals surface area contributed by atoms with Crippen molar-refractivity contribution in [1.29, 1.82) is 0 Å². The number of hydrogen-bond donors (Lipinski definition) is 2. The van der Waals surface area contributed by atoms with Gasteiger partial charge in [0.15, 0.2) is 5.96 Å². The van der Waals surface area contributed by atoms with Crippen LogP contribution in [0.5, 0.6) is 5.75 Å². The topological polar surface area (TPSA) is 66.0 Å². The molecule has 0 aromatic heterocycles. The van der Waals surface area contributed by atoms with Gasteiger partial charge in [-0.25, -0.2) is 0 Å². The van der Waals surface area contributed by atoms with E-state index in [-0.39, 0.29) is 29.9 Å². The van der Waals surface area contributed by atoms with Gasteiger partial charge in [0, 0.05) is 45.2 Å². The molecule has 2 aliphatic rings. The summed E-state index contributed by atoms with van der Waals surface area (Å²) in [6.45, 7) is 5.72. The maximum Gasteiger partial charge on any atom is 0.222 e.